The Bertz CT molecular complexity index is 1530. The van der Waals surface area contributed by atoms with Gasteiger partial charge in [-0.1, -0.05) is 24.6 Å². The fourth-order valence-electron chi connectivity index (χ4n) is 7.17. The third-order valence-electron chi connectivity index (χ3n) is 8.97. The van der Waals surface area contributed by atoms with Crippen LogP contribution >= 0.6 is 23.2 Å². The van der Waals surface area contributed by atoms with Gasteiger partial charge in [-0.15, -0.1) is 23.2 Å². The van der Waals surface area contributed by atoms with E-state index >= 15 is 0 Å². The normalized spacial score (nSPS) is 32.6. The Morgan fingerprint density at radius 2 is 1.73 bits per heavy atom. The lowest BCUT2D eigenvalue weighted by molar-refractivity contribution is -0.140. The second kappa shape index (κ2) is 9.56. The molecule has 11 heteroatoms. The molecule has 214 valence electrons. The van der Waals surface area contributed by atoms with Crippen LogP contribution in [0.15, 0.2) is 54.1 Å². The zero-order chi connectivity index (χ0) is 29.4. The van der Waals surface area contributed by atoms with E-state index < -0.39 is 51.1 Å². The summed E-state index contributed by atoms with van der Waals surface area (Å²) in [6.45, 7) is 2.16. The Hall–Kier alpha value is -3.43. The molecule has 0 radical (unpaired) electrons. The molecule has 0 spiro atoms. The number of hydrogen-bond acceptors (Lipinski definition) is 6. The van der Waals surface area contributed by atoms with Crippen LogP contribution in [0.25, 0.3) is 0 Å². The molecule has 0 bridgehead atoms. The Kier molecular flexibility index (Phi) is 6.46. The van der Waals surface area contributed by atoms with E-state index in [4.69, 9.17) is 27.9 Å². The van der Waals surface area contributed by atoms with Crippen molar-refractivity contribution in [2.24, 2.45) is 17.8 Å². The number of imide groups is 2. The Morgan fingerprint density at radius 3 is 2.37 bits per heavy atom. The second-order valence-electron chi connectivity index (χ2n) is 11.0. The van der Waals surface area contributed by atoms with E-state index in [1.165, 1.54) is 36.3 Å². The molecule has 1 N–H and O–H groups in total. The van der Waals surface area contributed by atoms with Crippen LogP contribution in [0.3, 0.4) is 0 Å². The number of carbonyl (C=O) groups is 4. The van der Waals surface area contributed by atoms with Crippen LogP contribution < -0.4 is 9.64 Å². The zero-order valence-electron chi connectivity index (χ0n) is 22.3. The van der Waals surface area contributed by atoms with Crippen molar-refractivity contribution in [1.29, 1.82) is 0 Å². The minimum absolute atomic E-state index is 0.100. The van der Waals surface area contributed by atoms with Crippen molar-refractivity contribution >= 4 is 52.5 Å². The number of methoxy groups -OCH3 is 1. The van der Waals surface area contributed by atoms with E-state index in [2.05, 4.69) is 0 Å². The molecule has 8 nitrogen and oxygen atoms in total. The number of benzene rings is 2. The van der Waals surface area contributed by atoms with E-state index in [1.807, 2.05) is 13.0 Å². The Morgan fingerprint density at radius 1 is 1.02 bits per heavy atom. The zero-order valence-corrected chi connectivity index (χ0v) is 23.8. The van der Waals surface area contributed by atoms with Crippen LogP contribution in [-0.2, 0) is 19.2 Å². The maximum absolute atomic E-state index is 14.3. The number of likely N-dealkylation sites (tertiary alicyclic amines) is 1. The molecule has 41 heavy (non-hydrogen) atoms. The van der Waals surface area contributed by atoms with Crippen molar-refractivity contribution in [3.63, 3.8) is 0 Å². The van der Waals surface area contributed by atoms with Crippen LogP contribution in [-0.4, -0.2) is 57.0 Å². The highest BCUT2D eigenvalue weighted by molar-refractivity contribution is 6.58. The summed E-state index contributed by atoms with van der Waals surface area (Å²) in [5, 5.41) is 10.7. The van der Waals surface area contributed by atoms with Gasteiger partial charge in [-0.2, -0.15) is 0 Å². The smallest absolute Gasteiger partial charge is 0.258 e. The second-order valence-corrected chi connectivity index (χ2v) is 12.3. The third kappa shape index (κ3) is 3.64. The number of amides is 4. The van der Waals surface area contributed by atoms with Gasteiger partial charge in [0.05, 0.1) is 24.6 Å². The first kappa shape index (κ1) is 27.7. The van der Waals surface area contributed by atoms with Gasteiger partial charge in [0.2, 0.25) is 11.8 Å². The van der Waals surface area contributed by atoms with Gasteiger partial charge in [-0.25, -0.2) is 9.29 Å². The molecular weight excluding hydrogens is 574 g/mol. The van der Waals surface area contributed by atoms with E-state index in [1.54, 1.807) is 6.07 Å². The van der Waals surface area contributed by atoms with Crippen LogP contribution in [0.5, 0.6) is 11.5 Å². The van der Waals surface area contributed by atoms with E-state index in [-0.39, 0.29) is 48.4 Å². The molecular formula is C30H27Cl2FN2O6. The summed E-state index contributed by atoms with van der Waals surface area (Å²) in [4.78, 5) is 53.4. The van der Waals surface area contributed by atoms with Gasteiger partial charge in [-0.05, 0) is 67.1 Å². The van der Waals surface area contributed by atoms with Crippen molar-refractivity contribution in [1.82, 2.24) is 4.90 Å². The molecule has 4 amide bonds. The van der Waals surface area contributed by atoms with E-state index in [0.29, 0.717) is 17.6 Å². The standard InChI is InChI=1S/C30H27Cl2FN2O6/c1-3-12-34-25(37)19-10-9-18-20(23(19)26(34)38)14-29(31)27(39)35(17-7-5-16(33)6-8-17)28(40)30(29,32)24(18)15-4-11-22(41-2)21(36)13-15/h4-9,11,13,19-20,23-24,36H,3,10,12,14H2,1-2H3. The van der Waals surface area contributed by atoms with E-state index in [0.717, 1.165) is 17.0 Å². The van der Waals surface area contributed by atoms with E-state index in [9.17, 15) is 28.7 Å². The number of anilines is 1. The molecule has 6 rings (SSSR count). The number of fused-ring (bicyclic) bond motifs is 4. The molecule has 2 aromatic carbocycles. The largest absolute Gasteiger partial charge is 0.504 e. The van der Waals surface area contributed by atoms with Crippen LogP contribution in [0.1, 0.15) is 37.7 Å². The van der Waals surface area contributed by atoms with Gasteiger partial charge in [0.25, 0.3) is 11.8 Å². The summed E-state index contributed by atoms with van der Waals surface area (Å²) in [6, 6.07) is 9.38. The average molecular weight is 601 g/mol. The topological polar surface area (TPSA) is 104 Å². The lowest BCUT2D eigenvalue weighted by Gasteiger charge is -2.50. The molecule has 3 fully saturated rings. The summed E-state index contributed by atoms with van der Waals surface area (Å²) in [7, 11) is 1.40. The number of carbonyl (C=O) groups excluding carboxylic acids is 4. The molecule has 4 aliphatic rings. The van der Waals surface area contributed by atoms with Gasteiger partial charge in [-0.3, -0.25) is 24.1 Å². The van der Waals surface area contributed by atoms with Crippen LogP contribution in [0.4, 0.5) is 10.1 Å². The molecule has 6 atom stereocenters. The summed E-state index contributed by atoms with van der Waals surface area (Å²) in [5.74, 6) is -5.86. The number of nitrogens with zero attached hydrogens (tertiary/aromatic N) is 2. The number of aromatic hydroxyl groups is 1. The molecule has 6 unspecified atom stereocenters. The fourth-order valence-corrected chi connectivity index (χ4v) is 8.10. The number of allylic oxidation sites excluding steroid dienone is 2. The van der Waals surface area contributed by atoms with Crippen molar-refractivity contribution < 1.29 is 33.4 Å². The van der Waals surface area contributed by atoms with Crippen molar-refractivity contribution in [3.8, 4) is 11.5 Å². The van der Waals surface area contributed by atoms with Crippen molar-refractivity contribution in [3.05, 3.63) is 65.5 Å². The van der Waals surface area contributed by atoms with Crippen LogP contribution in [0, 0.1) is 23.6 Å². The first-order valence-corrected chi connectivity index (χ1v) is 14.2. The molecule has 2 aromatic rings. The first-order chi connectivity index (χ1) is 19.5. The molecule has 0 aromatic heterocycles. The molecule has 2 saturated heterocycles. The maximum Gasteiger partial charge on any atom is 0.258 e. The number of halogens is 3. The number of phenolic OH excluding ortho intramolecular Hbond substituents is 1. The predicted octanol–water partition coefficient (Wildman–Crippen LogP) is 4.51. The quantitative estimate of drug-likeness (QED) is 0.307. The minimum Gasteiger partial charge on any atom is -0.504 e. The summed E-state index contributed by atoms with van der Waals surface area (Å²) in [6.07, 6.45) is 2.52. The van der Waals surface area contributed by atoms with Crippen LogP contribution in [0.2, 0.25) is 0 Å². The van der Waals surface area contributed by atoms with Gasteiger partial charge in [0.1, 0.15) is 5.82 Å². The third-order valence-corrected chi connectivity index (χ3v) is 10.4. The number of hydrogen-bond donors (Lipinski definition) is 1. The molecule has 2 aliphatic carbocycles. The molecule has 2 heterocycles. The molecule has 2 aliphatic heterocycles. The highest BCUT2D eigenvalue weighted by Gasteiger charge is 2.76. The first-order valence-electron chi connectivity index (χ1n) is 13.4. The fraction of sp³-hybridized carbons (Fsp3) is 0.400. The number of rotatable bonds is 5. The Labute approximate surface area is 245 Å². The summed E-state index contributed by atoms with van der Waals surface area (Å²) in [5.41, 5.74) is 1.11. The molecule has 1 saturated carbocycles. The van der Waals surface area contributed by atoms with Gasteiger partial charge in [0.15, 0.2) is 21.2 Å². The van der Waals surface area contributed by atoms with Gasteiger partial charge >= 0.3 is 0 Å². The monoisotopic (exact) mass is 600 g/mol. The van der Waals surface area contributed by atoms with Crippen molar-refractivity contribution in [2.75, 3.05) is 18.6 Å². The Balaban J connectivity index is 1.55. The summed E-state index contributed by atoms with van der Waals surface area (Å²) >= 11 is 14.6. The highest BCUT2D eigenvalue weighted by atomic mass is 35.5. The SMILES string of the molecule is CCCN1C(=O)C2CC=C3C(CC4(Cl)C(=O)N(c5ccc(F)cc5)C(=O)C4(Cl)C3c3ccc(OC)c(O)c3)C2C1=O. The van der Waals surface area contributed by atoms with Crippen molar-refractivity contribution in [2.45, 2.75) is 41.9 Å². The number of ether oxygens (including phenoxy) is 1. The maximum atomic E-state index is 14.3. The average Bonchev–Trinajstić information content (AvgIpc) is 3.27. The number of phenols is 1. The van der Waals surface area contributed by atoms with Gasteiger partial charge < -0.3 is 9.84 Å². The number of alkyl halides is 2. The minimum atomic E-state index is -2.06. The lowest BCUT2D eigenvalue weighted by Crippen LogP contribution is -2.60. The predicted molar refractivity (Wildman–Crippen MR) is 148 cm³/mol. The highest BCUT2D eigenvalue weighted by Crippen LogP contribution is 2.66. The lowest BCUT2D eigenvalue weighted by atomic mass is 9.56. The van der Waals surface area contributed by atoms with Gasteiger partial charge in [0, 0.05) is 12.5 Å². The summed E-state index contributed by atoms with van der Waals surface area (Å²) < 4.78 is 18.9.